The van der Waals surface area contributed by atoms with Crippen LogP contribution >= 0.6 is 0 Å². The fourth-order valence-corrected chi connectivity index (χ4v) is 1.62. The van der Waals surface area contributed by atoms with Crippen molar-refractivity contribution in [2.75, 3.05) is 32.7 Å². The first-order valence-electron chi connectivity index (χ1n) is 4.96. The van der Waals surface area contributed by atoms with Gasteiger partial charge in [0, 0.05) is 26.1 Å². The minimum Gasteiger partial charge on any atom is -0.341 e. The third-order valence-corrected chi connectivity index (χ3v) is 2.44. The molecule has 1 unspecified atom stereocenters. The second-order valence-corrected chi connectivity index (χ2v) is 3.50. The molecule has 1 saturated heterocycles. The molecule has 4 nitrogen and oxygen atoms in total. The maximum Gasteiger partial charge on any atom is 0.223 e. The van der Waals surface area contributed by atoms with Crippen molar-refractivity contribution >= 4 is 5.91 Å². The second-order valence-electron chi connectivity index (χ2n) is 3.50. The third-order valence-electron chi connectivity index (χ3n) is 2.44. The second kappa shape index (κ2) is 5.19. The van der Waals surface area contributed by atoms with Crippen molar-refractivity contribution in [1.82, 2.24) is 10.2 Å². The predicted octanol–water partition coefficient (Wildman–Crippen LogP) is -0.597. The summed E-state index contributed by atoms with van der Waals surface area (Å²) in [5.74, 6) is 0.641. The zero-order valence-corrected chi connectivity index (χ0v) is 8.25. The smallest absolute Gasteiger partial charge is 0.223 e. The molecule has 1 heterocycles. The van der Waals surface area contributed by atoms with Crippen LogP contribution in [-0.2, 0) is 4.79 Å². The molecule has 0 aromatic rings. The Balaban J connectivity index is 2.23. The number of hydrogen-bond donors (Lipinski definition) is 2. The highest BCUT2D eigenvalue weighted by Gasteiger charge is 2.27. The van der Waals surface area contributed by atoms with Crippen LogP contribution in [0.1, 0.15) is 13.3 Å². The van der Waals surface area contributed by atoms with Gasteiger partial charge in [0.25, 0.3) is 0 Å². The topological polar surface area (TPSA) is 58.4 Å². The summed E-state index contributed by atoms with van der Waals surface area (Å²) in [5.41, 5.74) is 5.52. The Morgan fingerprint density at radius 1 is 1.69 bits per heavy atom. The Bertz CT molecular complexity index is 172. The summed E-state index contributed by atoms with van der Waals surface area (Å²) in [7, 11) is 0. The normalized spacial score (nSPS) is 22.8. The number of nitrogens with zero attached hydrogens (tertiary/aromatic N) is 1. The number of amides is 1. The highest BCUT2D eigenvalue weighted by atomic mass is 16.2. The molecule has 4 heteroatoms. The van der Waals surface area contributed by atoms with E-state index in [1.54, 1.807) is 0 Å². The fourth-order valence-electron chi connectivity index (χ4n) is 1.62. The standard InChI is InChI=1S/C9H19N3O/c1-2-11-3-4-12-7-8(6-10)5-9(12)13/h8,11H,2-7,10H2,1H3. The Morgan fingerprint density at radius 2 is 2.46 bits per heavy atom. The highest BCUT2D eigenvalue weighted by molar-refractivity contribution is 5.78. The van der Waals surface area contributed by atoms with Gasteiger partial charge in [0.2, 0.25) is 5.91 Å². The van der Waals surface area contributed by atoms with Crippen LogP contribution in [0.3, 0.4) is 0 Å². The lowest BCUT2D eigenvalue weighted by molar-refractivity contribution is -0.127. The molecule has 13 heavy (non-hydrogen) atoms. The van der Waals surface area contributed by atoms with Crippen molar-refractivity contribution in [2.45, 2.75) is 13.3 Å². The maximum absolute atomic E-state index is 11.4. The van der Waals surface area contributed by atoms with Gasteiger partial charge in [0.1, 0.15) is 0 Å². The average Bonchev–Trinajstić information content (AvgIpc) is 2.48. The van der Waals surface area contributed by atoms with Crippen LogP contribution in [0.2, 0.25) is 0 Å². The zero-order chi connectivity index (χ0) is 9.68. The van der Waals surface area contributed by atoms with Crippen molar-refractivity contribution in [1.29, 1.82) is 0 Å². The quantitative estimate of drug-likeness (QED) is 0.562. The first kappa shape index (κ1) is 10.5. The summed E-state index contributed by atoms with van der Waals surface area (Å²) in [5, 5.41) is 3.20. The SMILES string of the molecule is CCNCCN1CC(CN)CC1=O. The lowest BCUT2D eigenvalue weighted by atomic mass is 10.1. The molecule has 0 radical (unpaired) electrons. The first-order chi connectivity index (χ1) is 6.27. The van der Waals surface area contributed by atoms with Crippen LogP contribution in [-0.4, -0.2) is 43.5 Å². The van der Waals surface area contributed by atoms with E-state index in [2.05, 4.69) is 12.2 Å². The molecule has 1 amide bonds. The van der Waals surface area contributed by atoms with Gasteiger partial charge in [-0.1, -0.05) is 6.92 Å². The molecule has 1 rings (SSSR count). The van der Waals surface area contributed by atoms with E-state index in [0.29, 0.717) is 18.9 Å². The molecule has 0 spiro atoms. The number of carbonyl (C=O) groups is 1. The van der Waals surface area contributed by atoms with Gasteiger partial charge in [-0.05, 0) is 19.0 Å². The Hall–Kier alpha value is -0.610. The molecule has 1 atom stereocenters. The number of rotatable bonds is 5. The molecular weight excluding hydrogens is 166 g/mol. The number of likely N-dealkylation sites (N-methyl/N-ethyl adjacent to an activating group) is 1. The van der Waals surface area contributed by atoms with E-state index >= 15 is 0 Å². The number of likely N-dealkylation sites (tertiary alicyclic amines) is 1. The van der Waals surface area contributed by atoms with Gasteiger partial charge >= 0.3 is 0 Å². The summed E-state index contributed by atoms with van der Waals surface area (Å²) in [6.45, 7) is 6.21. The molecule has 0 aliphatic carbocycles. The van der Waals surface area contributed by atoms with Crippen molar-refractivity contribution in [3.05, 3.63) is 0 Å². The lowest BCUT2D eigenvalue weighted by Gasteiger charge is -2.16. The summed E-state index contributed by atoms with van der Waals surface area (Å²) < 4.78 is 0. The molecule has 1 aliphatic heterocycles. The predicted molar refractivity (Wildman–Crippen MR) is 52.3 cm³/mol. The largest absolute Gasteiger partial charge is 0.341 e. The summed E-state index contributed by atoms with van der Waals surface area (Å²) in [4.78, 5) is 13.3. The first-order valence-corrected chi connectivity index (χ1v) is 4.96. The van der Waals surface area contributed by atoms with E-state index in [-0.39, 0.29) is 5.91 Å². The summed E-state index contributed by atoms with van der Waals surface area (Å²) >= 11 is 0. The number of nitrogens with two attached hydrogens (primary N) is 1. The van der Waals surface area contributed by atoms with E-state index in [4.69, 9.17) is 5.73 Å². The van der Waals surface area contributed by atoms with E-state index < -0.39 is 0 Å². The Morgan fingerprint density at radius 3 is 3.00 bits per heavy atom. The molecule has 0 aromatic heterocycles. The summed E-state index contributed by atoms with van der Waals surface area (Å²) in [6.07, 6.45) is 0.641. The number of nitrogens with one attached hydrogen (secondary N) is 1. The van der Waals surface area contributed by atoms with Crippen LogP contribution in [0.15, 0.2) is 0 Å². The van der Waals surface area contributed by atoms with Crippen molar-refractivity contribution < 1.29 is 4.79 Å². The molecule has 1 fully saturated rings. The molecule has 3 N–H and O–H groups in total. The minimum absolute atomic E-state index is 0.258. The minimum atomic E-state index is 0.258. The van der Waals surface area contributed by atoms with Crippen LogP contribution in [0.25, 0.3) is 0 Å². The van der Waals surface area contributed by atoms with Crippen molar-refractivity contribution in [2.24, 2.45) is 11.7 Å². The monoisotopic (exact) mass is 185 g/mol. The van der Waals surface area contributed by atoms with E-state index in [1.165, 1.54) is 0 Å². The summed E-state index contributed by atoms with van der Waals surface area (Å²) in [6, 6.07) is 0. The third kappa shape index (κ3) is 2.97. The molecule has 1 aliphatic rings. The number of hydrogen-bond acceptors (Lipinski definition) is 3. The zero-order valence-electron chi connectivity index (χ0n) is 8.25. The molecular formula is C9H19N3O. The van der Waals surface area contributed by atoms with Gasteiger partial charge < -0.3 is 16.0 Å². The van der Waals surface area contributed by atoms with Crippen LogP contribution in [0.5, 0.6) is 0 Å². The molecule has 0 saturated carbocycles. The van der Waals surface area contributed by atoms with Gasteiger partial charge in [0.15, 0.2) is 0 Å². The van der Waals surface area contributed by atoms with Crippen LogP contribution < -0.4 is 11.1 Å². The van der Waals surface area contributed by atoms with Crippen molar-refractivity contribution in [3.63, 3.8) is 0 Å². The van der Waals surface area contributed by atoms with Gasteiger partial charge in [-0.2, -0.15) is 0 Å². The van der Waals surface area contributed by atoms with Crippen LogP contribution in [0.4, 0.5) is 0 Å². The highest BCUT2D eigenvalue weighted by Crippen LogP contribution is 2.15. The van der Waals surface area contributed by atoms with E-state index in [1.807, 2.05) is 4.90 Å². The Kier molecular flexibility index (Phi) is 4.18. The lowest BCUT2D eigenvalue weighted by Crippen LogP contribution is -2.33. The van der Waals surface area contributed by atoms with Crippen LogP contribution in [0, 0.1) is 5.92 Å². The molecule has 0 aromatic carbocycles. The molecule has 0 bridgehead atoms. The van der Waals surface area contributed by atoms with Gasteiger partial charge in [-0.15, -0.1) is 0 Å². The van der Waals surface area contributed by atoms with E-state index in [9.17, 15) is 4.79 Å². The maximum atomic E-state index is 11.4. The fraction of sp³-hybridized carbons (Fsp3) is 0.889. The Labute approximate surface area is 79.5 Å². The average molecular weight is 185 g/mol. The van der Waals surface area contributed by atoms with Crippen molar-refractivity contribution in [3.8, 4) is 0 Å². The van der Waals surface area contributed by atoms with Gasteiger partial charge in [-0.3, -0.25) is 4.79 Å². The van der Waals surface area contributed by atoms with E-state index in [0.717, 1.165) is 26.2 Å². The molecule has 76 valence electrons. The number of carbonyl (C=O) groups excluding carboxylic acids is 1. The van der Waals surface area contributed by atoms with Gasteiger partial charge in [-0.25, -0.2) is 0 Å². The van der Waals surface area contributed by atoms with Gasteiger partial charge in [0.05, 0.1) is 0 Å².